The second kappa shape index (κ2) is 6.41. The van der Waals surface area contributed by atoms with Gasteiger partial charge in [-0.1, -0.05) is 18.2 Å². The molecule has 2 rings (SSSR count). The summed E-state index contributed by atoms with van der Waals surface area (Å²) in [5, 5.41) is 10.9. The van der Waals surface area contributed by atoms with Crippen molar-refractivity contribution in [3.8, 4) is 0 Å². The first-order chi connectivity index (χ1) is 10.3. The normalized spacial score (nSPS) is 11.2. The summed E-state index contributed by atoms with van der Waals surface area (Å²) in [4.78, 5) is 10.3. The van der Waals surface area contributed by atoms with Crippen molar-refractivity contribution in [3.63, 3.8) is 0 Å². The average Bonchev–Trinajstić information content (AvgIpc) is 2.42. The second-order valence-corrected chi connectivity index (χ2v) is 6.95. The molecule has 0 saturated heterocycles. The zero-order valence-electron chi connectivity index (χ0n) is 11.0. The first-order valence-electron chi connectivity index (χ1n) is 5.96. The van der Waals surface area contributed by atoms with Crippen molar-refractivity contribution in [2.24, 2.45) is 0 Å². The molecule has 0 aromatic heterocycles. The van der Waals surface area contributed by atoms with E-state index in [4.69, 9.17) is 0 Å². The number of halogens is 2. The number of anilines is 1. The SMILES string of the molecule is O=[N+]([O-])c1ccccc1CS(=O)(=O)Nc1ccc(F)cc1Br. The van der Waals surface area contributed by atoms with Gasteiger partial charge in [0.15, 0.2) is 0 Å². The molecule has 0 radical (unpaired) electrons. The number of nitrogens with zero attached hydrogens (tertiary/aromatic N) is 1. The number of hydrogen-bond acceptors (Lipinski definition) is 4. The Bertz CT molecular complexity index is 827. The first kappa shape index (κ1) is 16.4. The first-order valence-corrected chi connectivity index (χ1v) is 8.41. The fourth-order valence-corrected chi connectivity index (χ4v) is 3.61. The molecule has 2 aromatic rings. The van der Waals surface area contributed by atoms with E-state index in [9.17, 15) is 22.9 Å². The predicted molar refractivity (Wildman–Crippen MR) is 83.4 cm³/mol. The van der Waals surface area contributed by atoms with E-state index in [-0.39, 0.29) is 21.4 Å². The minimum Gasteiger partial charge on any atom is -0.282 e. The van der Waals surface area contributed by atoms with Crippen molar-refractivity contribution in [1.82, 2.24) is 0 Å². The maximum absolute atomic E-state index is 13.0. The highest BCUT2D eigenvalue weighted by Gasteiger charge is 2.20. The van der Waals surface area contributed by atoms with Crippen molar-refractivity contribution in [2.45, 2.75) is 5.75 Å². The summed E-state index contributed by atoms with van der Waals surface area (Å²) in [7, 11) is -3.89. The summed E-state index contributed by atoms with van der Waals surface area (Å²) in [5.41, 5.74) is -0.0516. The van der Waals surface area contributed by atoms with Crippen molar-refractivity contribution in [3.05, 3.63) is 68.4 Å². The van der Waals surface area contributed by atoms with E-state index < -0.39 is 26.5 Å². The molecular formula is C13H10BrFN2O4S. The summed E-state index contributed by atoms with van der Waals surface area (Å²) in [5.74, 6) is -1.08. The third kappa shape index (κ3) is 4.01. The summed E-state index contributed by atoms with van der Waals surface area (Å²) < 4.78 is 39.8. The van der Waals surface area contributed by atoms with Crippen LogP contribution in [0.5, 0.6) is 0 Å². The number of nitro benzene ring substituents is 1. The minimum absolute atomic E-state index is 0.0678. The number of hydrogen-bond donors (Lipinski definition) is 1. The summed E-state index contributed by atoms with van der Waals surface area (Å²) >= 11 is 3.05. The van der Waals surface area contributed by atoms with Gasteiger partial charge in [-0.15, -0.1) is 0 Å². The highest BCUT2D eigenvalue weighted by atomic mass is 79.9. The number of sulfonamides is 1. The summed E-state index contributed by atoms with van der Waals surface area (Å²) in [6.07, 6.45) is 0. The lowest BCUT2D eigenvalue weighted by Crippen LogP contribution is -2.16. The van der Waals surface area contributed by atoms with Crippen LogP contribution in [0.3, 0.4) is 0 Å². The Morgan fingerprint density at radius 1 is 1.23 bits per heavy atom. The van der Waals surface area contributed by atoms with Crippen LogP contribution >= 0.6 is 15.9 Å². The lowest BCUT2D eigenvalue weighted by atomic mass is 10.2. The van der Waals surface area contributed by atoms with Gasteiger partial charge in [0.2, 0.25) is 10.0 Å². The topological polar surface area (TPSA) is 89.3 Å². The van der Waals surface area contributed by atoms with E-state index in [1.165, 1.54) is 30.3 Å². The molecule has 0 bridgehead atoms. The molecule has 116 valence electrons. The summed E-state index contributed by atoms with van der Waals surface area (Å²) in [6, 6.07) is 9.06. The summed E-state index contributed by atoms with van der Waals surface area (Å²) in [6.45, 7) is 0. The van der Waals surface area contributed by atoms with Crippen LogP contribution in [0.1, 0.15) is 5.56 Å². The lowest BCUT2D eigenvalue weighted by Gasteiger charge is -2.10. The van der Waals surface area contributed by atoms with Crippen LogP contribution in [-0.4, -0.2) is 13.3 Å². The van der Waals surface area contributed by atoms with Crippen molar-refractivity contribution >= 4 is 37.3 Å². The van der Waals surface area contributed by atoms with Gasteiger partial charge < -0.3 is 0 Å². The molecule has 6 nitrogen and oxygen atoms in total. The molecule has 0 unspecified atom stereocenters. The lowest BCUT2D eigenvalue weighted by molar-refractivity contribution is -0.385. The van der Waals surface area contributed by atoms with Gasteiger partial charge in [-0.2, -0.15) is 0 Å². The van der Waals surface area contributed by atoms with Gasteiger partial charge in [0, 0.05) is 16.1 Å². The maximum atomic E-state index is 13.0. The standard InChI is InChI=1S/C13H10BrFN2O4S/c14-11-7-10(15)5-6-12(11)16-22(20,21)8-9-3-1-2-4-13(9)17(18)19/h1-7,16H,8H2. The maximum Gasteiger partial charge on any atom is 0.273 e. The van der Waals surface area contributed by atoms with E-state index in [1.54, 1.807) is 0 Å². The Labute approximate surface area is 134 Å². The van der Waals surface area contributed by atoms with Gasteiger partial charge in [0.1, 0.15) is 11.6 Å². The van der Waals surface area contributed by atoms with Gasteiger partial charge in [-0.3, -0.25) is 14.8 Å². The molecule has 22 heavy (non-hydrogen) atoms. The van der Waals surface area contributed by atoms with Crippen LogP contribution in [0.25, 0.3) is 0 Å². The molecule has 0 aliphatic heterocycles. The molecule has 9 heteroatoms. The van der Waals surface area contributed by atoms with Crippen molar-refractivity contribution < 1.29 is 17.7 Å². The smallest absolute Gasteiger partial charge is 0.273 e. The number of benzene rings is 2. The van der Waals surface area contributed by atoms with Crippen LogP contribution in [0.15, 0.2) is 46.9 Å². The van der Waals surface area contributed by atoms with Crippen LogP contribution in [0, 0.1) is 15.9 Å². The largest absolute Gasteiger partial charge is 0.282 e. The monoisotopic (exact) mass is 388 g/mol. The molecule has 0 amide bonds. The minimum atomic E-state index is -3.89. The predicted octanol–water partition coefficient (Wildman–Crippen LogP) is 3.44. The van der Waals surface area contributed by atoms with Gasteiger partial charge >= 0.3 is 0 Å². The average molecular weight is 389 g/mol. The Morgan fingerprint density at radius 2 is 1.91 bits per heavy atom. The van der Waals surface area contributed by atoms with Crippen molar-refractivity contribution in [2.75, 3.05) is 4.72 Å². The third-order valence-electron chi connectivity index (χ3n) is 2.73. The Morgan fingerprint density at radius 3 is 2.55 bits per heavy atom. The van der Waals surface area contributed by atoms with Gasteiger partial charge in [0.05, 0.1) is 10.6 Å². The number of para-hydroxylation sites is 1. The zero-order valence-corrected chi connectivity index (χ0v) is 13.4. The van der Waals surface area contributed by atoms with E-state index in [1.807, 2.05) is 0 Å². The van der Waals surface area contributed by atoms with Gasteiger partial charge in [-0.25, -0.2) is 12.8 Å². The Kier molecular flexibility index (Phi) is 4.77. The second-order valence-electron chi connectivity index (χ2n) is 4.37. The third-order valence-corrected chi connectivity index (χ3v) is 4.61. The number of nitro groups is 1. The molecule has 0 aliphatic carbocycles. The molecule has 0 spiro atoms. The van der Waals surface area contributed by atoms with Crippen LogP contribution in [-0.2, 0) is 15.8 Å². The Balaban J connectivity index is 2.27. The highest BCUT2D eigenvalue weighted by Crippen LogP contribution is 2.26. The van der Waals surface area contributed by atoms with E-state index in [2.05, 4.69) is 20.7 Å². The molecule has 0 fully saturated rings. The molecule has 1 N–H and O–H groups in total. The van der Waals surface area contributed by atoms with E-state index in [0.29, 0.717) is 0 Å². The fraction of sp³-hybridized carbons (Fsp3) is 0.0769. The zero-order chi connectivity index (χ0) is 16.3. The highest BCUT2D eigenvalue weighted by molar-refractivity contribution is 9.10. The number of rotatable bonds is 5. The molecule has 0 atom stereocenters. The van der Waals surface area contributed by atoms with Crippen LogP contribution < -0.4 is 4.72 Å². The molecule has 0 aliphatic rings. The van der Waals surface area contributed by atoms with Crippen molar-refractivity contribution in [1.29, 1.82) is 0 Å². The van der Waals surface area contributed by atoms with Crippen LogP contribution in [0.4, 0.5) is 15.8 Å². The van der Waals surface area contributed by atoms with E-state index >= 15 is 0 Å². The van der Waals surface area contributed by atoms with Gasteiger partial charge in [0.25, 0.3) is 5.69 Å². The van der Waals surface area contributed by atoms with E-state index in [0.717, 1.165) is 12.1 Å². The molecule has 0 heterocycles. The van der Waals surface area contributed by atoms with Crippen LogP contribution in [0.2, 0.25) is 0 Å². The Hall–Kier alpha value is -2.00. The molecular weight excluding hydrogens is 379 g/mol. The fourth-order valence-electron chi connectivity index (χ4n) is 1.79. The number of nitrogens with one attached hydrogen (secondary N) is 1. The molecule has 0 saturated carbocycles. The molecule has 2 aromatic carbocycles. The van der Waals surface area contributed by atoms with Gasteiger partial charge in [-0.05, 0) is 34.1 Å². The quantitative estimate of drug-likeness (QED) is 0.627.